The molecule has 0 amide bonds. The molecular weight excluding hydrogens is 440 g/mol. The van der Waals surface area contributed by atoms with Crippen LogP contribution < -0.4 is 4.90 Å². The highest BCUT2D eigenvalue weighted by Gasteiger charge is 2.20. The molecule has 1 aliphatic heterocycles. The van der Waals surface area contributed by atoms with Gasteiger partial charge >= 0.3 is 0 Å². The summed E-state index contributed by atoms with van der Waals surface area (Å²) in [7, 11) is 0. The van der Waals surface area contributed by atoms with E-state index in [1.807, 2.05) is 50.4 Å². The first-order valence-corrected chi connectivity index (χ1v) is 12.4. The maximum absolute atomic E-state index is 9.87. The largest absolute Gasteiger partial charge is 0.394 e. The van der Waals surface area contributed by atoms with Gasteiger partial charge in [0.25, 0.3) is 0 Å². The smallest absolute Gasteiger partial charge is 0.169 e. The first kappa shape index (κ1) is 24.9. The number of fused-ring (bicyclic) bond motifs is 1. The number of rotatable bonds is 10. The van der Waals surface area contributed by atoms with E-state index in [0.717, 1.165) is 49.3 Å². The van der Waals surface area contributed by atoms with Crippen molar-refractivity contribution in [3.05, 3.63) is 70.8 Å². The third kappa shape index (κ3) is 6.25. The van der Waals surface area contributed by atoms with Crippen molar-refractivity contribution >= 4 is 11.4 Å². The van der Waals surface area contributed by atoms with Gasteiger partial charge in [0.05, 0.1) is 35.9 Å². The summed E-state index contributed by atoms with van der Waals surface area (Å²) in [6.07, 6.45) is 5.17. The predicted molar refractivity (Wildman–Crippen MR) is 138 cm³/mol. The van der Waals surface area contributed by atoms with Crippen molar-refractivity contribution in [2.24, 2.45) is 5.16 Å². The average Bonchev–Trinajstić information content (AvgIpc) is 3.36. The molecule has 0 spiro atoms. The standard InChI is InChI=1S/C27H36N6O2/c1-19-15-27-25(28-21(19)3)11-8-13-32(27)14-12-20(2)30-35-22(4)26-17-33(31-29-26)24(18-34)16-23-9-6-5-7-10-23/h5-7,9-10,15,17,22,24,34H,8,11-14,16,18H2,1-4H3/b30-20-/t22-,24+/m1/s1. The van der Waals surface area contributed by atoms with Crippen molar-refractivity contribution in [3.8, 4) is 0 Å². The Bertz CT molecular complexity index is 1140. The van der Waals surface area contributed by atoms with Crippen molar-refractivity contribution in [1.82, 2.24) is 20.0 Å². The predicted octanol–water partition coefficient (Wildman–Crippen LogP) is 4.36. The Kier molecular flexibility index (Phi) is 8.13. The fourth-order valence-corrected chi connectivity index (χ4v) is 4.34. The lowest BCUT2D eigenvalue weighted by Gasteiger charge is -2.31. The normalized spacial score (nSPS) is 15.6. The molecule has 8 nitrogen and oxygen atoms in total. The van der Waals surface area contributed by atoms with Gasteiger partial charge in [0.2, 0.25) is 0 Å². The Labute approximate surface area is 207 Å². The van der Waals surface area contributed by atoms with Crippen LogP contribution in [-0.4, -0.2) is 50.5 Å². The molecule has 35 heavy (non-hydrogen) atoms. The number of pyridine rings is 1. The highest BCUT2D eigenvalue weighted by molar-refractivity contribution is 5.82. The minimum absolute atomic E-state index is 0.0154. The van der Waals surface area contributed by atoms with Gasteiger partial charge in [-0.1, -0.05) is 40.7 Å². The molecule has 1 aromatic carbocycles. The van der Waals surface area contributed by atoms with E-state index in [4.69, 9.17) is 9.82 Å². The fourth-order valence-electron chi connectivity index (χ4n) is 4.34. The van der Waals surface area contributed by atoms with Gasteiger partial charge in [-0.3, -0.25) is 4.98 Å². The Hall–Kier alpha value is -3.26. The summed E-state index contributed by atoms with van der Waals surface area (Å²) in [5.41, 5.74) is 7.58. The van der Waals surface area contributed by atoms with Gasteiger partial charge < -0.3 is 14.8 Å². The molecule has 3 aromatic rings. The van der Waals surface area contributed by atoms with Crippen LogP contribution in [0.4, 0.5) is 5.69 Å². The molecule has 3 heterocycles. The number of aliphatic hydroxyl groups is 1. The molecule has 2 aromatic heterocycles. The third-order valence-corrected chi connectivity index (χ3v) is 6.66. The molecule has 0 fully saturated rings. The summed E-state index contributed by atoms with van der Waals surface area (Å²) >= 11 is 0. The molecular formula is C27H36N6O2. The maximum Gasteiger partial charge on any atom is 0.169 e. The number of hydrogen-bond donors (Lipinski definition) is 1. The lowest BCUT2D eigenvalue weighted by atomic mass is 10.0. The molecule has 0 radical (unpaired) electrons. The van der Waals surface area contributed by atoms with E-state index in [1.54, 1.807) is 4.68 Å². The summed E-state index contributed by atoms with van der Waals surface area (Å²) in [4.78, 5) is 13.0. The number of anilines is 1. The lowest BCUT2D eigenvalue weighted by Crippen LogP contribution is -2.32. The van der Waals surface area contributed by atoms with Crippen molar-refractivity contribution in [2.75, 3.05) is 24.6 Å². The highest BCUT2D eigenvalue weighted by atomic mass is 16.6. The van der Waals surface area contributed by atoms with Crippen LogP contribution in [0.3, 0.4) is 0 Å². The van der Waals surface area contributed by atoms with E-state index in [-0.39, 0.29) is 18.8 Å². The molecule has 2 atom stereocenters. The molecule has 0 aliphatic carbocycles. The quantitative estimate of drug-likeness (QED) is 0.345. The van der Waals surface area contributed by atoms with Crippen LogP contribution in [0.2, 0.25) is 0 Å². The topological polar surface area (TPSA) is 88.7 Å². The molecule has 0 bridgehead atoms. The fraction of sp³-hybridized carbons (Fsp3) is 0.481. The number of nitrogens with zero attached hydrogens (tertiary/aromatic N) is 6. The number of aryl methyl sites for hydroxylation is 3. The van der Waals surface area contributed by atoms with Crippen molar-refractivity contribution < 1.29 is 9.94 Å². The van der Waals surface area contributed by atoms with Crippen LogP contribution in [0.15, 0.2) is 47.8 Å². The summed E-state index contributed by atoms with van der Waals surface area (Å²) < 4.78 is 1.71. The Balaban J connectivity index is 1.32. The average molecular weight is 477 g/mol. The summed E-state index contributed by atoms with van der Waals surface area (Å²) in [6, 6.07) is 12.2. The van der Waals surface area contributed by atoms with Crippen LogP contribution in [0, 0.1) is 13.8 Å². The number of hydrogen-bond acceptors (Lipinski definition) is 7. The van der Waals surface area contributed by atoms with Crippen molar-refractivity contribution in [2.45, 2.75) is 65.5 Å². The second-order valence-electron chi connectivity index (χ2n) is 9.42. The molecule has 1 N–H and O–H groups in total. The first-order valence-electron chi connectivity index (χ1n) is 12.4. The maximum atomic E-state index is 9.87. The summed E-state index contributed by atoms with van der Waals surface area (Å²) in [6.45, 7) is 10.0. The second kappa shape index (κ2) is 11.4. The Morgan fingerprint density at radius 1 is 1.23 bits per heavy atom. The zero-order valence-corrected chi connectivity index (χ0v) is 21.2. The van der Waals surface area contributed by atoms with Crippen molar-refractivity contribution in [3.63, 3.8) is 0 Å². The van der Waals surface area contributed by atoms with Crippen LogP contribution in [0.5, 0.6) is 0 Å². The Morgan fingerprint density at radius 3 is 2.80 bits per heavy atom. The van der Waals surface area contributed by atoms with Gasteiger partial charge in [0.1, 0.15) is 5.69 Å². The SMILES string of the molecule is C/C(CCN1CCCc2nc(C)c(C)cc21)=N/O[C@H](C)c1cn([C@H](CO)Cc2ccccc2)nn1. The van der Waals surface area contributed by atoms with Gasteiger partial charge in [-0.2, -0.15) is 0 Å². The monoisotopic (exact) mass is 476 g/mol. The van der Waals surface area contributed by atoms with Gasteiger partial charge in [-0.05, 0) is 64.2 Å². The Morgan fingerprint density at radius 2 is 2.03 bits per heavy atom. The molecule has 0 saturated heterocycles. The van der Waals surface area contributed by atoms with Crippen LogP contribution >= 0.6 is 0 Å². The van der Waals surface area contributed by atoms with Gasteiger partial charge in [-0.15, -0.1) is 5.10 Å². The van der Waals surface area contributed by atoms with E-state index < -0.39 is 0 Å². The number of benzene rings is 1. The lowest BCUT2D eigenvalue weighted by molar-refractivity contribution is 0.0685. The number of oxime groups is 1. The van der Waals surface area contributed by atoms with Crippen LogP contribution in [0.25, 0.3) is 0 Å². The minimum atomic E-state index is -0.333. The van der Waals surface area contributed by atoms with E-state index in [9.17, 15) is 5.11 Å². The van der Waals surface area contributed by atoms with Gasteiger partial charge in [0, 0.05) is 25.2 Å². The number of aromatic nitrogens is 4. The molecule has 1 aliphatic rings. The zero-order chi connectivity index (χ0) is 24.8. The van der Waals surface area contributed by atoms with Crippen molar-refractivity contribution in [1.29, 1.82) is 0 Å². The molecule has 186 valence electrons. The van der Waals surface area contributed by atoms with E-state index >= 15 is 0 Å². The third-order valence-electron chi connectivity index (χ3n) is 6.66. The molecule has 0 unspecified atom stereocenters. The first-order chi connectivity index (χ1) is 16.9. The molecule has 4 rings (SSSR count). The zero-order valence-electron chi connectivity index (χ0n) is 21.2. The van der Waals surface area contributed by atoms with E-state index in [0.29, 0.717) is 12.1 Å². The summed E-state index contributed by atoms with van der Waals surface area (Å²) in [5, 5.41) is 22.7. The van der Waals surface area contributed by atoms with Crippen LogP contribution in [0.1, 0.15) is 67.0 Å². The summed E-state index contributed by atoms with van der Waals surface area (Å²) in [5.74, 6) is 0. The van der Waals surface area contributed by atoms with Gasteiger partial charge in [-0.25, -0.2) is 4.68 Å². The highest BCUT2D eigenvalue weighted by Crippen LogP contribution is 2.28. The van der Waals surface area contributed by atoms with E-state index in [2.05, 4.69) is 40.3 Å². The van der Waals surface area contributed by atoms with E-state index in [1.165, 1.54) is 16.9 Å². The molecule has 0 saturated carbocycles. The van der Waals surface area contributed by atoms with Gasteiger partial charge in [0.15, 0.2) is 6.10 Å². The number of aliphatic hydroxyl groups excluding tert-OH is 1. The van der Waals surface area contributed by atoms with Crippen LogP contribution in [-0.2, 0) is 17.7 Å². The molecule has 8 heteroatoms. The minimum Gasteiger partial charge on any atom is -0.394 e. The second-order valence-corrected chi connectivity index (χ2v) is 9.42.